The zero-order valence-corrected chi connectivity index (χ0v) is 23.6. The molecule has 4 heterocycles. The average Bonchev–Trinajstić information content (AvgIpc) is 3.49. The van der Waals surface area contributed by atoms with Gasteiger partial charge >= 0.3 is 12.2 Å². The third-order valence-electron chi connectivity index (χ3n) is 7.73. The molecule has 2 aliphatic rings. The number of nitrogens with zero attached hydrogens (tertiary/aromatic N) is 4. The summed E-state index contributed by atoms with van der Waals surface area (Å²) in [7, 11) is 1.45. The predicted octanol–water partition coefficient (Wildman–Crippen LogP) is 6.52. The van der Waals surface area contributed by atoms with E-state index in [4.69, 9.17) is 30.5 Å². The Morgan fingerprint density at radius 1 is 1.14 bits per heavy atom. The number of benzene rings is 2. The van der Waals surface area contributed by atoms with Crippen molar-refractivity contribution in [3.63, 3.8) is 0 Å². The van der Waals surface area contributed by atoms with Crippen LogP contribution in [0.3, 0.4) is 0 Å². The van der Waals surface area contributed by atoms with Crippen molar-refractivity contribution in [2.45, 2.75) is 37.1 Å². The van der Waals surface area contributed by atoms with Crippen LogP contribution < -0.4 is 14.2 Å². The highest BCUT2D eigenvalue weighted by molar-refractivity contribution is 6.36. The van der Waals surface area contributed by atoms with Crippen LogP contribution in [0.1, 0.15) is 19.3 Å². The minimum Gasteiger partial charge on any atom is -0.468 e. The van der Waals surface area contributed by atoms with Gasteiger partial charge in [0.25, 0.3) is 0 Å². The molecule has 0 spiro atoms. The molecule has 2 saturated heterocycles. The van der Waals surface area contributed by atoms with E-state index in [0.717, 1.165) is 12.6 Å². The summed E-state index contributed by atoms with van der Waals surface area (Å²) in [5, 5.41) is 1.23. The molecule has 0 radical (unpaired) electrons. The minimum atomic E-state index is -4.69. The third-order valence-corrected chi connectivity index (χ3v) is 8.05. The van der Waals surface area contributed by atoms with Crippen LogP contribution in [0.15, 0.2) is 36.5 Å². The Hall–Kier alpha value is -3.55. The van der Waals surface area contributed by atoms with Gasteiger partial charge < -0.3 is 18.9 Å². The van der Waals surface area contributed by atoms with Crippen molar-refractivity contribution in [1.29, 1.82) is 0 Å². The molecule has 2 atom stereocenters. The van der Waals surface area contributed by atoms with Gasteiger partial charge in [0.05, 0.1) is 10.9 Å². The molecule has 0 N–H and O–H groups in total. The molecule has 14 heteroatoms. The summed E-state index contributed by atoms with van der Waals surface area (Å²) < 4.78 is 91.3. The summed E-state index contributed by atoms with van der Waals surface area (Å²) in [6.45, 7) is -0.793. The van der Waals surface area contributed by atoms with Gasteiger partial charge in [-0.3, -0.25) is 9.88 Å². The van der Waals surface area contributed by atoms with Crippen LogP contribution in [0, 0.1) is 5.82 Å². The topological polar surface area (TPSA) is 78.8 Å². The Labute approximate surface area is 247 Å². The number of hydrogen-bond donors (Lipinski definition) is 0. The smallest absolute Gasteiger partial charge is 0.422 e. The molecular weight excluding hydrogens is 599 g/mol. The van der Waals surface area contributed by atoms with Crippen LogP contribution in [-0.2, 0) is 4.74 Å². The fourth-order valence-electron chi connectivity index (χ4n) is 5.92. The highest BCUT2D eigenvalue weighted by Gasteiger charge is 2.49. The number of ether oxygens (including phenoxy) is 4. The molecule has 2 aromatic carbocycles. The summed E-state index contributed by atoms with van der Waals surface area (Å²) in [4.78, 5) is 14.5. The summed E-state index contributed by atoms with van der Waals surface area (Å²) in [6.07, 6.45) is -2.81. The van der Waals surface area contributed by atoms with Crippen molar-refractivity contribution in [3.05, 3.63) is 47.4 Å². The lowest BCUT2D eigenvalue weighted by Crippen LogP contribution is -2.43. The van der Waals surface area contributed by atoms with Crippen LogP contribution >= 0.6 is 11.6 Å². The molecule has 2 aromatic heterocycles. The SMILES string of the molecule is COCOc1cc(-c2ncc3c(OCC(F)(F)F)nc(OC[C@@]45CCCN4C[C@H](F)C5)nc3c2F)c2c(Cl)cccc2c1. The largest absolute Gasteiger partial charge is 0.468 e. The van der Waals surface area contributed by atoms with Gasteiger partial charge in [-0.05, 0) is 43.0 Å². The highest BCUT2D eigenvalue weighted by atomic mass is 35.5. The van der Waals surface area contributed by atoms with Crippen LogP contribution in [0.4, 0.5) is 22.0 Å². The zero-order chi connectivity index (χ0) is 30.4. The van der Waals surface area contributed by atoms with Gasteiger partial charge in [-0.15, -0.1) is 0 Å². The molecule has 228 valence electrons. The van der Waals surface area contributed by atoms with E-state index in [2.05, 4.69) is 15.0 Å². The number of halogens is 6. The fraction of sp³-hybridized carbons (Fsp3) is 0.414. The molecule has 0 bridgehead atoms. The molecule has 43 heavy (non-hydrogen) atoms. The van der Waals surface area contributed by atoms with Gasteiger partial charge in [-0.2, -0.15) is 23.1 Å². The number of pyridine rings is 1. The number of hydrogen-bond acceptors (Lipinski definition) is 8. The highest BCUT2D eigenvalue weighted by Crippen LogP contribution is 2.42. The van der Waals surface area contributed by atoms with E-state index >= 15 is 4.39 Å². The lowest BCUT2D eigenvalue weighted by molar-refractivity contribution is -0.153. The summed E-state index contributed by atoms with van der Waals surface area (Å²) in [5.41, 5.74) is -0.888. The zero-order valence-electron chi connectivity index (χ0n) is 22.9. The molecular formula is C29H26ClF5N4O4. The van der Waals surface area contributed by atoms with Gasteiger partial charge in [0.2, 0.25) is 5.88 Å². The maximum atomic E-state index is 16.4. The van der Waals surface area contributed by atoms with E-state index in [1.807, 2.05) is 4.90 Å². The minimum absolute atomic E-state index is 0.0175. The normalized spacial score (nSPS) is 20.6. The molecule has 6 rings (SSSR count). The Balaban J connectivity index is 1.46. The summed E-state index contributed by atoms with van der Waals surface area (Å²) in [5.74, 6) is -1.17. The molecule has 4 aromatic rings. The van der Waals surface area contributed by atoms with Crippen LogP contribution in [-0.4, -0.2) is 77.9 Å². The number of methoxy groups -OCH3 is 1. The van der Waals surface area contributed by atoms with Crippen molar-refractivity contribution >= 4 is 33.3 Å². The first-order valence-corrected chi connectivity index (χ1v) is 13.9. The van der Waals surface area contributed by atoms with E-state index < -0.39 is 42.2 Å². The van der Waals surface area contributed by atoms with Crippen molar-refractivity contribution in [3.8, 4) is 28.9 Å². The standard InChI is InChI=1S/C29H26ClF5N4O4/c1-40-15-43-18-8-16-4-2-5-21(30)22(16)19(9-18)24-23(32)25-20(11-36-24)26(41-14-29(33,34)35)38-27(37-25)42-13-28-6-3-7-39(28)12-17(31)10-28/h2,4-5,8-9,11,17H,3,6-7,10,12-15H2,1H3/t17-,28+/m1/s1. The summed E-state index contributed by atoms with van der Waals surface area (Å²) in [6, 6.07) is 7.96. The number of fused-ring (bicyclic) bond motifs is 3. The maximum absolute atomic E-state index is 16.4. The van der Waals surface area contributed by atoms with Crippen LogP contribution in [0.25, 0.3) is 32.9 Å². The van der Waals surface area contributed by atoms with Crippen molar-refractivity contribution in [1.82, 2.24) is 19.9 Å². The van der Waals surface area contributed by atoms with Crippen LogP contribution in [0.5, 0.6) is 17.6 Å². The Bertz CT molecular complexity index is 1680. The van der Waals surface area contributed by atoms with Crippen molar-refractivity contribution in [2.24, 2.45) is 0 Å². The third kappa shape index (κ3) is 5.85. The monoisotopic (exact) mass is 624 g/mol. The van der Waals surface area contributed by atoms with E-state index in [-0.39, 0.29) is 48.5 Å². The first kappa shape index (κ1) is 29.5. The van der Waals surface area contributed by atoms with Crippen molar-refractivity contribution in [2.75, 3.05) is 40.2 Å². The van der Waals surface area contributed by atoms with Crippen molar-refractivity contribution < 1.29 is 40.9 Å². The predicted molar refractivity (Wildman–Crippen MR) is 148 cm³/mol. The fourth-order valence-corrected chi connectivity index (χ4v) is 6.21. The molecule has 0 saturated carbocycles. The van der Waals surface area contributed by atoms with Gasteiger partial charge in [-0.1, -0.05) is 23.7 Å². The van der Waals surface area contributed by atoms with Gasteiger partial charge in [0.15, 0.2) is 19.2 Å². The van der Waals surface area contributed by atoms with Gasteiger partial charge in [0, 0.05) is 42.2 Å². The summed E-state index contributed by atoms with van der Waals surface area (Å²) >= 11 is 6.51. The first-order chi connectivity index (χ1) is 20.6. The Morgan fingerprint density at radius 3 is 2.77 bits per heavy atom. The Morgan fingerprint density at radius 2 is 1.98 bits per heavy atom. The number of aromatic nitrogens is 3. The quantitative estimate of drug-likeness (QED) is 0.154. The molecule has 0 amide bonds. The second kappa shape index (κ2) is 11.5. The van der Waals surface area contributed by atoms with E-state index in [1.165, 1.54) is 13.2 Å². The van der Waals surface area contributed by atoms with E-state index in [0.29, 0.717) is 34.5 Å². The maximum Gasteiger partial charge on any atom is 0.422 e. The van der Waals surface area contributed by atoms with E-state index in [9.17, 15) is 17.6 Å². The molecule has 0 unspecified atom stereocenters. The second-order valence-electron chi connectivity index (χ2n) is 10.6. The lowest BCUT2D eigenvalue weighted by atomic mass is 9.95. The number of rotatable bonds is 9. The molecule has 2 aliphatic heterocycles. The first-order valence-electron chi connectivity index (χ1n) is 13.5. The van der Waals surface area contributed by atoms with Gasteiger partial charge in [-0.25, -0.2) is 8.78 Å². The molecule has 8 nitrogen and oxygen atoms in total. The second-order valence-corrected chi connectivity index (χ2v) is 11.0. The number of alkyl halides is 4. The molecule has 0 aliphatic carbocycles. The average molecular weight is 625 g/mol. The van der Waals surface area contributed by atoms with E-state index in [1.54, 1.807) is 24.3 Å². The lowest BCUT2D eigenvalue weighted by Gasteiger charge is -2.30. The van der Waals surface area contributed by atoms with Gasteiger partial charge in [0.1, 0.15) is 29.7 Å². The van der Waals surface area contributed by atoms with Crippen LogP contribution in [0.2, 0.25) is 5.02 Å². The molecule has 2 fully saturated rings. The Kier molecular flexibility index (Phi) is 7.90.